The minimum Gasteiger partial charge on any atom is -0.497 e. The van der Waals surface area contributed by atoms with Gasteiger partial charge in [0.05, 0.1) is 25.8 Å². The summed E-state index contributed by atoms with van der Waals surface area (Å²) in [5.41, 5.74) is 1.46. The van der Waals surface area contributed by atoms with E-state index in [1.807, 2.05) is 12.1 Å². The summed E-state index contributed by atoms with van der Waals surface area (Å²) in [4.78, 5) is 30.6. The first-order valence-corrected chi connectivity index (χ1v) is 8.30. The molecule has 0 aliphatic carbocycles. The Morgan fingerprint density at radius 2 is 2.15 bits per heavy atom. The quantitative estimate of drug-likeness (QED) is 0.858. The summed E-state index contributed by atoms with van der Waals surface area (Å²) >= 11 is 0. The van der Waals surface area contributed by atoms with Crippen LogP contribution in [0.2, 0.25) is 0 Å². The lowest BCUT2D eigenvalue weighted by atomic mass is 10.1. The van der Waals surface area contributed by atoms with Crippen LogP contribution in [0.1, 0.15) is 12.0 Å². The van der Waals surface area contributed by atoms with Crippen LogP contribution < -0.4 is 14.8 Å². The lowest BCUT2D eigenvalue weighted by Gasteiger charge is -2.17. The molecule has 0 spiro atoms. The van der Waals surface area contributed by atoms with Gasteiger partial charge < -0.3 is 19.7 Å². The van der Waals surface area contributed by atoms with Crippen molar-refractivity contribution in [3.05, 3.63) is 48.3 Å². The number of amides is 2. The molecular formula is C19H21N3O4. The fraction of sp³-hybridized carbons (Fsp3) is 0.316. The van der Waals surface area contributed by atoms with Crippen molar-refractivity contribution < 1.29 is 19.1 Å². The Labute approximate surface area is 151 Å². The molecule has 3 rings (SSSR count). The third-order valence-corrected chi connectivity index (χ3v) is 4.35. The molecule has 1 atom stereocenters. The number of nitrogens with one attached hydrogen (secondary N) is 1. The summed E-state index contributed by atoms with van der Waals surface area (Å²) in [6, 6.07) is 8.91. The van der Waals surface area contributed by atoms with Crippen LogP contribution in [0.25, 0.3) is 0 Å². The maximum Gasteiger partial charge on any atom is 0.229 e. The zero-order valence-electron chi connectivity index (χ0n) is 14.8. The van der Waals surface area contributed by atoms with Gasteiger partial charge in [-0.05, 0) is 23.8 Å². The summed E-state index contributed by atoms with van der Waals surface area (Å²) in [6.45, 7) is 0.838. The van der Waals surface area contributed by atoms with E-state index in [1.165, 1.54) is 7.11 Å². The number of carbonyl (C=O) groups excluding carboxylic acids is 2. The average Bonchev–Trinajstić information content (AvgIpc) is 3.03. The Kier molecular flexibility index (Phi) is 5.36. The number of benzene rings is 1. The first kappa shape index (κ1) is 17.7. The Morgan fingerprint density at radius 1 is 1.31 bits per heavy atom. The molecule has 26 heavy (non-hydrogen) atoms. The van der Waals surface area contributed by atoms with Gasteiger partial charge in [0.1, 0.15) is 11.5 Å². The van der Waals surface area contributed by atoms with E-state index in [0.717, 1.165) is 5.56 Å². The molecule has 2 aromatic rings. The predicted molar refractivity (Wildman–Crippen MR) is 95.9 cm³/mol. The number of carbonyl (C=O) groups is 2. The number of likely N-dealkylation sites (tertiary alicyclic amines) is 1. The van der Waals surface area contributed by atoms with Crippen LogP contribution in [0.4, 0.5) is 5.69 Å². The molecule has 7 nitrogen and oxygen atoms in total. The molecule has 7 heteroatoms. The molecule has 2 amide bonds. The van der Waals surface area contributed by atoms with E-state index in [9.17, 15) is 9.59 Å². The number of aromatic nitrogens is 1. The van der Waals surface area contributed by atoms with Crippen LogP contribution in [0.5, 0.6) is 11.5 Å². The van der Waals surface area contributed by atoms with Crippen molar-refractivity contribution in [1.82, 2.24) is 9.88 Å². The van der Waals surface area contributed by atoms with Crippen molar-refractivity contribution in [3.63, 3.8) is 0 Å². The highest BCUT2D eigenvalue weighted by Crippen LogP contribution is 2.30. The molecule has 0 saturated carbocycles. The molecule has 2 heterocycles. The van der Waals surface area contributed by atoms with Gasteiger partial charge in [0, 0.05) is 38.0 Å². The largest absolute Gasteiger partial charge is 0.497 e. The summed E-state index contributed by atoms with van der Waals surface area (Å²) in [5.74, 6) is 0.498. The number of nitrogens with zero attached hydrogens (tertiary/aromatic N) is 2. The standard InChI is InChI=1S/C19H21N3O4/c1-25-15-5-6-17(26-2)16(9-15)21-19(24)14-8-18(23)22(12-14)11-13-4-3-7-20-10-13/h3-7,9-10,14H,8,11-12H2,1-2H3,(H,21,24). The topological polar surface area (TPSA) is 80.8 Å². The van der Waals surface area contributed by atoms with Crippen molar-refractivity contribution in [3.8, 4) is 11.5 Å². The number of ether oxygens (including phenoxy) is 2. The third-order valence-electron chi connectivity index (χ3n) is 4.35. The van der Waals surface area contributed by atoms with E-state index < -0.39 is 5.92 Å². The van der Waals surface area contributed by atoms with Gasteiger partial charge in [-0.2, -0.15) is 0 Å². The zero-order valence-corrected chi connectivity index (χ0v) is 14.8. The first-order valence-electron chi connectivity index (χ1n) is 8.30. The van der Waals surface area contributed by atoms with Crippen LogP contribution >= 0.6 is 0 Å². The smallest absolute Gasteiger partial charge is 0.229 e. The first-order chi connectivity index (χ1) is 12.6. The van der Waals surface area contributed by atoms with Crippen LogP contribution in [-0.2, 0) is 16.1 Å². The second-order valence-electron chi connectivity index (χ2n) is 6.09. The highest BCUT2D eigenvalue weighted by molar-refractivity contribution is 5.98. The SMILES string of the molecule is COc1ccc(OC)c(NC(=O)C2CC(=O)N(Cc3cccnc3)C2)c1. The van der Waals surface area contributed by atoms with E-state index in [4.69, 9.17) is 9.47 Å². The van der Waals surface area contributed by atoms with Crippen LogP contribution in [0.15, 0.2) is 42.7 Å². The van der Waals surface area contributed by atoms with E-state index in [2.05, 4.69) is 10.3 Å². The van der Waals surface area contributed by atoms with Gasteiger partial charge in [-0.1, -0.05) is 6.07 Å². The molecule has 1 aromatic heterocycles. The van der Waals surface area contributed by atoms with E-state index in [0.29, 0.717) is 30.3 Å². The maximum absolute atomic E-state index is 12.6. The van der Waals surface area contributed by atoms with Crippen molar-refractivity contribution in [2.45, 2.75) is 13.0 Å². The number of anilines is 1. The van der Waals surface area contributed by atoms with Gasteiger partial charge in [-0.25, -0.2) is 0 Å². The number of rotatable bonds is 6. The Bertz CT molecular complexity index is 795. The summed E-state index contributed by atoms with van der Waals surface area (Å²) in [5, 5.41) is 2.85. The lowest BCUT2D eigenvalue weighted by Crippen LogP contribution is -2.28. The van der Waals surface area contributed by atoms with Gasteiger partial charge in [-0.15, -0.1) is 0 Å². The summed E-state index contributed by atoms with van der Waals surface area (Å²) < 4.78 is 10.5. The monoisotopic (exact) mass is 355 g/mol. The number of hydrogen-bond donors (Lipinski definition) is 1. The molecular weight excluding hydrogens is 334 g/mol. The highest BCUT2D eigenvalue weighted by Gasteiger charge is 2.34. The lowest BCUT2D eigenvalue weighted by molar-refractivity contribution is -0.128. The Morgan fingerprint density at radius 3 is 2.85 bits per heavy atom. The van der Waals surface area contributed by atoms with Gasteiger partial charge in [0.25, 0.3) is 0 Å². The summed E-state index contributed by atoms with van der Waals surface area (Å²) in [7, 11) is 3.09. The molecule has 0 radical (unpaired) electrons. The van der Waals surface area contributed by atoms with E-state index >= 15 is 0 Å². The van der Waals surface area contributed by atoms with Gasteiger partial charge in [0.15, 0.2) is 0 Å². The maximum atomic E-state index is 12.6. The molecule has 1 aliphatic heterocycles. The minimum absolute atomic E-state index is 0.0355. The van der Waals surface area contributed by atoms with Crippen LogP contribution in [0, 0.1) is 5.92 Å². The number of pyridine rings is 1. The van der Waals surface area contributed by atoms with E-state index in [-0.39, 0.29) is 18.2 Å². The zero-order chi connectivity index (χ0) is 18.5. The summed E-state index contributed by atoms with van der Waals surface area (Å²) in [6.07, 6.45) is 3.60. The van der Waals surface area contributed by atoms with Crippen molar-refractivity contribution in [2.75, 3.05) is 26.1 Å². The molecule has 1 saturated heterocycles. The van der Waals surface area contributed by atoms with E-state index in [1.54, 1.807) is 42.6 Å². The number of methoxy groups -OCH3 is 2. The van der Waals surface area contributed by atoms with Crippen LogP contribution in [-0.4, -0.2) is 42.5 Å². The molecule has 1 N–H and O–H groups in total. The second kappa shape index (κ2) is 7.86. The molecule has 1 unspecified atom stereocenters. The molecule has 1 fully saturated rings. The van der Waals surface area contributed by atoms with Crippen LogP contribution in [0.3, 0.4) is 0 Å². The Hall–Kier alpha value is -3.09. The van der Waals surface area contributed by atoms with Gasteiger partial charge in [-0.3, -0.25) is 14.6 Å². The van der Waals surface area contributed by atoms with Crippen molar-refractivity contribution in [2.24, 2.45) is 5.92 Å². The molecule has 0 bridgehead atoms. The minimum atomic E-state index is -0.407. The van der Waals surface area contributed by atoms with Gasteiger partial charge >= 0.3 is 0 Å². The molecule has 1 aliphatic rings. The molecule has 1 aromatic carbocycles. The average molecular weight is 355 g/mol. The van der Waals surface area contributed by atoms with Crippen molar-refractivity contribution >= 4 is 17.5 Å². The molecule has 136 valence electrons. The van der Waals surface area contributed by atoms with Gasteiger partial charge in [0.2, 0.25) is 11.8 Å². The third kappa shape index (κ3) is 3.93. The second-order valence-corrected chi connectivity index (χ2v) is 6.09. The fourth-order valence-corrected chi connectivity index (χ4v) is 2.96. The normalized spacial score (nSPS) is 16.5. The highest BCUT2D eigenvalue weighted by atomic mass is 16.5. The number of hydrogen-bond acceptors (Lipinski definition) is 5. The fourth-order valence-electron chi connectivity index (χ4n) is 2.96. The van der Waals surface area contributed by atoms with Crippen molar-refractivity contribution in [1.29, 1.82) is 0 Å². The predicted octanol–water partition coefficient (Wildman–Crippen LogP) is 2.09. The Balaban J connectivity index is 1.67.